The number of hydrogen-bond donors (Lipinski definition) is 1. The highest BCUT2D eigenvalue weighted by Crippen LogP contribution is 2.43. The first-order chi connectivity index (χ1) is 8.16. The molecule has 17 heavy (non-hydrogen) atoms. The van der Waals surface area contributed by atoms with Gasteiger partial charge in [0.25, 0.3) is 0 Å². The predicted molar refractivity (Wildman–Crippen MR) is 70.0 cm³/mol. The van der Waals surface area contributed by atoms with Gasteiger partial charge in [-0.25, -0.2) is 4.98 Å². The van der Waals surface area contributed by atoms with Crippen molar-refractivity contribution in [3.63, 3.8) is 0 Å². The van der Waals surface area contributed by atoms with Gasteiger partial charge in [0.05, 0.1) is 5.69 Å². The van der Waals surface area contributed by atoms with Gasteiger partial charge in [-0.1, -0.05) is 19.8 Å². The number of nitrogens with two attached hydrogens (primary N) is 1. The summed E-state index contributed by atoms with van der Waals surface area (Å²) in [6.45, 7) is 2.35. The van der Waals surface area contributed by atoms with Gasteiger partial charge in [0.2, 0.25) is 0 Å². The average molecular weight is 233 g/mol. The van der Waals surface area contributed by atoms with Gasteiger partial charge in [0, 0.05) is 18.9 Å². The fraction of sp³-hybridized carbons (Fsp3) is 0.786. The van der Waals surface area contributed by atoms with Crippen molar-refractivity contribution in [1.82, 2.24) is 9.55 Å². The number of aromatic nitrogens is 2. The van der Waals surface area contributed by atoms with Crippen molar-refractivity contribution < 1.29 is 0 Å². The van der Waals surface area contributed by atoms with Crippen molar-refractivity contribution in [2.24, 2.45) is 13.0 Å². The van der Waals surface area contributed by atoms with Gasteiger partial charge < -0.3 is 10.3 Å². The van der Waals surface area contributed by atoms with E-state index in [0.717, 1.165) is 11.7 Å². The van der Waals surface area contributed by atoms with Crippen molar-refractivity contribution in [2.75, 3.05) is 5.73 Å². The summed E-state index contributed by atoms with van der Waals surface area (Å²) in [5.41, 5.74) is 7.43. The van der Waals surface area contributed by atoms with Crippen LogP contribution in [0.3, 0.4) is 0 Å². The van der Waals surface area contributed by atoms with E-state index in [1.54, 1.807) is 0 Å². The highest BCUT2D eigenvalue weighted by molar-refractivity contribution is 5.41. The molecule has 0 amide bonds. The normalized spacial score (nSPS) is 29.5. The zero-order chi connectivity index (χ0) is 12.0. The molecule has 2 aliphatic rings. The Morgan fingerprint density at radius 1 is 1.06 bits per heavy atom. The third-order valence-electron chi connectivity index (χ3n) is 4.55. The fourth-order valence-corrected chi connectivity index (χ4v) is 3.09. The molecule has 0 aliphatic heterocycles. The molecule has 0 spiro atoms. The largest absolute Gasteiger partial charge is 0.384 e. The summed E-state index contributed by atoms with van der Waals surface area (Å²) < 4.78 is 2.13. The first-order valence-electron chi connectivity index (χ1n) is 6.98. The molecular weight excluding hydrogens is 210 g/mol. The van der Waals surface area contributed by atoms with Gasteiger partial charge in [-0.15, -0.1) is 0 Å². The van der Waals surface area contributed by atoms with Crippen LogP contribution in [0, 0.1) is 5.92 Å². The Labute approximate surface area is 103 Å². The molecule has 0 bridgehead atoms. The standard InChI is InChI=1S/C14H23N3/c1-9-3-5-10(6-4-9)12-13(15)17(2)14(16-12)11-7-8-11/h9-11H,3-8,15H2,1-2H3. The summed E-state index contributed by atoms with van der Waals surface area (Å²) in [6, 6.07) is 0. The van der Waals surface area contributed by atoms with E-state index in [2.05, 4.69) is 18.5 Å². The van der Waals surface area contributed by atoms with Crippen LogP contribution in [-0.2, 0) is 7.05 Å². The maximum atomic E-state index is 6.23. The third kappa shape index (κ3) is 1.96. The minimum Gasteiger partial charge on any atom is -0.384 e. The summed E-state index contributed by atoms with van der Waals surface area (Å²) in [4.78, 5) is 4.86. The van der Waals surface area contributed by atoms with Crippen molar-refractivity contribution in [2.45, 2.75) is 57.3 Å². The summed E-state index contributed by atoms with van der Waals surface area (Å²) >= 11 is 0. The number of anilines is 1. The van der Waals surface area contributed by atoms with E-state index < -0.39 is 0 Å². The van der Waals surface area contributed by atoms with E-state index in [1.165, 1.54) is 50.0 Å². The second kappa shape index (κ2) is 4.04. The zero-order valence-corrected chi connectivity index (χ0v) is 10.9. The van der Waals surface area contributed by atoms with Gasteiger partial charge >= 0.3 is 0 Å². The second-order valence-electron chi connectivity index (χ2n) is 6.03. The number of nitrogens with zero attached hydrogens (tertiary/aromatic N) is 2. The molecule has 3 heteroatoms. The number of imidazole rings is 1. The van der Waals surface area contributed by atoms with Crippen molar-refractivity contribution in [3.8, 4) is 0 Å². The molecule has 1 aromatic heterocycles. The van der Waals surface area contributed by atoms with Gasteiger partial charge in [-0.3, -0.25) is 0 Å². The number of nitrogen functional groups attached to an aromatic ring is 1. The average Bonchev–Trinajstić information content (AvgIpc) is 3.11. The highest BCUT2D eigenvalue weighted by Gasteiger charge is 2.32. The Balaban J connectivity index is 1.84. The maximum Gasteiger partial charge on any atom is 0.126 e. The van der Waals surface area contributed by atoms with E-state index in [-0.39, 0.29) is 0 Å². The van der Waals surface area contributed by atoms with Crippen LogP contribution < -0.4 is 5.73 Å². The van der Waals surface area contributed by atoms with Gasteiger partial charge in [0.1, 0.15) is 11.6 Å². The molecule has 3 nitrogen and oxygen atoms in total. The smallest absolute Gasteiger partial charge is 0.126 e. The Kier molecular flexibility index (Phi) is 2.64. The van der Waals surface area contributed by atoms with Crippen LogP contribution in [0.15, 0.2) is 0 Å². The molecule has 1 aromatic rings. The molecule has 0 unspecified atom stereocenters. The number of hydrogen-bond acceptors (Lipinski definition) is 2. The molecule has 0 saturated heterocycles. The van der Waals surface area contributed by atoms with Crippen LogP contribution in [0.4, 0.5) is 5.82 Å². The van der Waals surface area contributed by atoms with Gasteiger partial charge in [-0.05, 0) is 31.6 Å². The molecule has 2 fully saturated rings. The summed E-state index contributed by atoms with van der Waals surface area (Å²) in [5.74, 6) is 4.35. The SMILES string of the molecule is CC1CCC(c2nc(C3CC3)n(C)c2N)CC1. The van der Waals surface area contributed by atoms with E-state index in [4.69, 9.17) is 10.7 Å². The van der Waals surface area contributed by atoms with Crippen molar-refractivity contribution in [1.29, 1.82) is 0 Å². The number of rotatable bonds is 2. The molecule has 94 valence electrons. The second-order valence-corrected chi connectivity index (χ2v) is 6.03. The monoisotopic (exact) mass is 233 g/mol. The molecule has 2 N–H and O–H groups in total. The lowest BCUT2D eigenvalue weighted by Crippen LogP contribution is -2.12. The Morgan fingerprint density at radius 3 is 2.24 bits per heavy atom. The van der Waals surface area contributed by atoms with Crippen molar-refractivity contribution >= 4 is 5.82 Å². The van der Waals surface area contributed by atoms with Gasteiger partial charge in [-0.2, -0.15) is 0 Å². The molecule has 3 rings (SSSR count). The molecule has 2 saturated carbocycles. The molecule has 1 heterocycles. The van der Waals surface area contributed by atoms with Crippen LogP contribution in [0.25, 0.3) is 0 Å². The summed E-state index contributed by atoms with van der Waals surface area (Å²) in [5, 5.41) is 0. The predicted octanol–water partition coefficient (Wildman–Crippen LogP) is 3.17. The topological polar surface area (TPSA) is 43.8 Å². The lowest BCUT2D eigenvalue weighted by molar-refractivity contribution is 0.345. The Morgan fingerprint density at radius 2 is 1.65 bits per heavy atom. The minimum atomic E-state index is 0.616. The summed E-state index contributed by atoms with van der Waals surface area (Å²) in [6.07, 6.45) is 7.80. The highest BCUT2D eigenvalue weighted by atomic mass is 15.1. The first-order valence-corrected chi connectivity index (χ1v) is 6.98. The van der Waals surface area contributed by atoms with E-state index in [9.17, 15) is 0 Å². The lowest BCUT2D eigenvalue weighted by Gasteiger charge is -2.25. The fourth-order valence-electron chi connectivity index (χ4n) is 3.09. The molecule has 0 radical (unpaired) electrons. The first kappa shape index (κ1) is 11.1. The Bertz CT molecular complexity index is 409. The molecule has 0 aromatic carbocycles. The quantitative estimate of drug-likeness (QED) is 0.852. The Hall–Kier alpha value is -0.990. The van der Waals surface area contributed by atoms with Crippen LogP contribution in [0.5, 0.6) is 0 Å². The molecule has 0 atom stereocenters. The molecule has 2 aliphatic carbocycles. The third-order valence-corrected chi connectivity index (χ3v) is 4.55. The van der Waals surface area contributed by atoms with E-state index in [1.807, 2.05) is 0 Å². The summed E-state index contributed by atoms with van der Waals surface area (Å²) in [7, 11) is 2.07. The maximum absolute atomic E-state index is 6.23. The van der Waals surface area contributed by atoms with Crippen LogP contribution in [-0.4, -0.2) is 9.55 Å². The molecular formula is C14H23N3. The van der Waals surface area contributed by atoms with E-state index in [0.29, 0.717) is 11.8 Å². The van der Waals surface area contributed by atoms with Crippen LogP contribution in [0.1, 0.15) is 68.8 Å². The van der Waals surface area contributed by atoms with Gasteiger partial charge in [0.15, 0.2) is 0 Å². The zero-order valence-electron chi connectivity index (χ0n) is 10.9. The van der Waals surface area contributed by atoms with E-state index >= 15 is 0 Å². The van der Waals surface area contributed by atoms with Crippen molar-refractivity contribution in [3.05, 3.63) is 11.5 Å². The lowest BCUT2D eigenvalue weighted by atomic mass is 9.81. The van der Waals surface area contributed by atoms with Crippen LogP contribution in [0.2, 0.25) is 0 Å². The minimum absolute atomic E-state index is 0.616. The van der Waals surface area contributed by atoms with Crippen LogP contribution >= 0.6 is 0 Å².